The summed E-state index contributed by atoms with van der Waals surface area (Å²) >= 11 is 0. The third-order valence-electron chi connectivity index (χ3n) is 2.61. The van der Waals surface area contributed by atoms with Gasteiger partial charge in [0.2, 0.25) is 0 Å². The standard InChI is InChI=1S/C11H15FN2O.ClH/c1-15-11-3-2-8(12)6-9(11)10-7-13-4-5-14-10;/h2-3,6,10,13-14H,4-5,7H2,1H3;1H/t10-;/m1./s1. The minimum atomic E-state index is -0.224. The van der Waals surface area contributed by atoms with Crippen LogP contribution in [0.25, 0.3) is 0 Å². The van der Waals surface area contributed by atoms with Crippen molar-refractivity contribution in [1.29, 1.82) is 0 Å². The van der Waals surface area contributed by atoms with Gasteiger partial charge in [-0.3, -0.25) is 0 Å². The van der Waals surface area contributed by atoms with Crippen LogP contribution in [-0.4, -0.2) is 26.7 Å². The number of halogens is 2. The molecule has 0 radical (unpaired) electrons. The number of nitrogens with one attached hydrogen (secondary N) is 2. The third kappa shape index (κ3) is 2.84. The fraction of sp³-hybridized carbons (Fsp3) is 0.455. The molecule has 1 aliphatic heterocycles. The van der Waals surface area contributed by atoms with Crippen LogP contribution in [0.2, 0.25) is 0 Å². The van der Waals surface area contributed by atoms with Crippen molar-refractivity contribution in [3.05, 3.63) is 29.6 Å². The average Bonchev–Trinajstić information content (AvgIpc) is 2.30. The van der Waals surface area contributed by atoms with E-state index in [1.165, 1.54) is 12.1 Å². The number of benzene rings is 1. The second-order valence-corrected chi connectivity index (χ2v) is 3.60. The quantitative estimate of drug-likeness (QED) is 0.830. The zero-order valence-electron chi connectivity index (χ0n) is 9.13. The maximum atomic E-state index is 13.1. The number of ether oxygens (including phenoxy) is 1. The van der Waals surface area contributed by atoms with Crippen molar-refractivity contribution in [3.63, 3.8) is 0 Å². The lowest BCUT2D eigenvalue weighted by Gasteiger charge is -2.26. The molecular formula is C11H16ClFN2O. The predicted molar refractivity (Wildman–Crippen MR) is 63.8 cm³/mol. The monoisotopic (exact) mass is 246 g/mol. The van der Waals surface area contributed by atoms with Crippen molar-refractivity contribution in [2.75, 3.05) is 26.7 Å². The van der Waals surface area contributed by atoms with Gasteiger partial charge >= 0.3 is 0 Å². The summed E-state index contributed by atoms with van der Waals surface area (Å²) in [6.45, 7) is 2.65. The van der Waals surface area contributed by atoms with Crippen molar-refractivity contribution in [1.82, 2.24) is 10.6 Å². The van der Waals surface area contributed by atoms with E-state index in [4.69, 9.17) is 4.74 Å². The zero-order valence-corrected chi connectivity index (χ0v) is 9.94. The highest BCUT2D eigenvalue weighted by Crippen LogP contribution is 2.26. The number of hydrogen-bond donors (Lipinski definition) is 2. The van der Waals surface area contributed by atoms with Crippen molar-refractivity contribution < 1.29 is 9.13 Å². The lowest BCUT2D eigenvalue weighted by Crippen LogP contribution is -2.42. The molecule has 1 saturated heterocycles. The molecule has 1 aromatic rings. The van der Waals surface area contributed by atoms with Gasteiger partial charge in [-0.05, 0) is 18.2 Å². The topological polar surface area (TPSA) is 33.3 Å². The largest absolute Gasteiger partial charge is 0.496 e. The summed E-state index contributed by atoms with van der Waals surface area (Å²) in [6, 6.07) is 4.74. The molecule has 5 heteroatoms. The van der Waals surface area contributed by atoms with E-state index >= 15 is 0 Å². The summed E-state index contributed by atoms with van der Waals surface area (Å²) in [6.07, 6.45) is 0. The molecule has 1 aliphatic rings. The Balaban J connectivity index is 0.00000128. The zero-order chi connectivity index (χ0) is 10.7. The van der Waals surface area contributed by atoms with E-state index in [1.54, 1.807) is 13.2 Å². The molecule has 2 rings (SSSR count). The average molecular weight is 247 g/mol. The van der Waals surface area contributed by atoms with Gasteiger partial charge in [0.15, 0.2) is 0 Å². The molecule has 1 heterocycles. The second-order valence-electron chi connectivity index (χ2n) is 3.60. The van der Waals surface area contributed by atoms with E-state index in [9.17, 15) is 4.39 Å². The molecule has 2 N–H and O–H groups in total. The molecule has 1 fully saturated rings. The van der Waals surface area contributed by atoms with Crippen molar-refractivity contribution >= 4 is 12.4 Å². The van der Waals surface area contributed by atoms with E-state index < -0.39 is 0 Å². The Hall–Kier alpha value is -0.840. The highest BCUT2D eigenvalue weighted by molar-refractivity contribution is 5.85. The molecule has 0 aliphatic carbocycles. The number of hydrogen-bond acceptors (Lipinski definition) is 3. The first-order chi connectivity index (χ1) is 7.31. The normalized spacial score (nSPS) is 20.0. The molecule has 1 atom stereocenters. The number of rotatable bonds is 2. The van der Waals surface area contributed by atoms with E-state index in [0.717, 1.165) is 30.9 Å². The first kappa shape index (κ1) is 13.2. The molecule has 0 aromatic heterocycles. The second kappa shape index (κ2) is 6.03. The number of piperazine rings is 1. The maximum absolute atomic E-state index is 13.1. The molecule has 0 unspecified atom stereocenters. The Morgan fingerprint density at radius 3 is 2.81 bits per heavy atom. The van der Waals surface area contributed by atoms with Gasteiger partial charge in [0.1, 0.15) is 11.6 Å². The third-order valence-corrected chi connectivity index (χ3v) is 2.61. The van der Waals surface area contributed by atoms with Crippen molar-refractivity contribution in [2.45, 2.75) is 6.04 Å². The van der Waals surface area contributed by atoms with Gasteiger partial charge < -0.3 is 15.4 Å². The van der Waals surface area contributed by atoms with Crippen LogP contribution >= 0.6 is 12.4 Å². The lowest BCUT2D eigenvalue weighted by molar-refractivity contribution is 0.380. The molecule has 90 valence electrons. The van der Waals surface area contributed by atoms with E-state index in [2.05, 4.69) is 10.6 Å². The van der Waals surface area contributed by atoms with Gasteiger partial charge in [0.25, 0.3) is 0 Å². The van der Waals surface area contributed by atoms with Gasteiger partial charge in [0.05, 0.1) is 7.11 Å². The van der Waals surface area contributed by atoms with Crippen LogP contribution in [0.4, 0.5) is 4.39 Å². The van der Waals surface area contributed by atoms with Crippen LogP contribution in [-0.2, 0) is 0 Å². The summed E-state index contributed by atoms with van der Waals surface area (Å²) in [4.78, 5) is 0. The fourth-order valence-corrected chi connectivity index (χ4v) is 1.85. The van der Waals surface area contributed by atoms with E-state index in [-0.39, 0.29) is 24.3 Å². The summed E-state index contributed by atoms with van der Waals surface area (Å²) in [5, 5.41) is 6.59. The minimum absolute atomic E-state index is 0. The van der Waals surface area contributed by atoms with Crippen molar-refractivity contribution in [2.24, 2.45) is 0 Å². The van der Waals surface area contributed by atoms with E-state index in [0.29, 0.717) is 0 Å². The van der Waals surface area contributed by atoms with Gasteiger partial charge in [-0.25, -0.2) is 4.39 Å². The Morgan fingerprint density at radius 1 is 1.38 bits per heavy atom. The fourth-order valence-electron chi connectivity index (χ4n) is 1.85. The first-order valence-electron chi connectivity index (χ1n) is 5.09. The smallest absolute Gasteiger partial charge is 0.123 e. The lowest BCUT2D eigenvalue weighted by atomic mass is 10.0. The molecule has 0 amide bonds. The van der Waals surface area contributed by atoms with Gasteiger partial charge in [-0.1, -0.05) is 0 Å². The molecular weight excluding hydrogens is 231 g/mol. The molecule has 1 aromatic carbocycles. The Kier molecular flexibility index (Phi) is 4.99. The molecule has 0 bridgehead atoms. The van der Waals surface area contributed by atoms with Crippen LogP contribution in [0.1, 0.15) is 11.6 Å². The van der Waals surface area contributed by atoms with Crippen LogP contribution in [0, 0.1) is 5.82 Å². The SMILES string of the molecule is COc1ccc(F)cc1[C@H]1CNCCN1.Cl. The van der Waals surface area contributed by atoms with E-state index in [1.807, 2.05) is 0 Å². The highest BCUT2D eigenvalue weighted by Gasteiger charge is 2.18. The van der Waals surface area contributed by atoms with Crippen LogP contribution in [0.3, 0.4) is 0 Å². The molecule has 3 nitrogen and oxygen atoms in total. The molecule has 0 spiro atoms. The van der Waals surface area contributed by atoms with Gasteiger partial charge in [-0.2, -0.15) is 0 Å². The van der Waals surface area contributed by atoms with Crippen LogP contribution < -0.4 is 15.4 Å². The first-order valence-corrected chi connectivity index (χ1v) is 5.09. The molecule has 16 heavy (non-hydrogen) atoms. The van der Waals surface area contributed by atoms with Crippen LogP contribution in [0.15, 0.2) is 18.2 Å². The summed E-state index contributed by atoms with van der Waals surface area (Å²) < 4.78 is 18.4. The Morgan fingerprint density at radius 2 is 2.19 bits per heavy atom. The van der Waals surface area contributed by atoms with Crippen LogP contribution in [0.5, 0.6) is 5.75 Å². The summed E-state index contributed by atoms with van der Waals surface area (Å²) in [5.74, 6) is 0.510. The highest BCUT2D eigenvalue weighted by atomic mass is 35.5. The Labute approximate surface area is 101 Å². The minimum Gasteiger partial charge on any atom is -0.496 e. The van der Waals surface area contributed by atoms with Gasteiger partial charge in [0, 0.05) is 31.2 Å². The predicted octanol–water partition coefficient (Wildman–Crippen LogP) is 1.49. The maximum Gasteiger partial charge on any atom is 0.123 e. The number of methoxy groups -OCH3 is 1. The summed E-state index contributed by atoms with van der Waals surface area (Å²) in [5.41, 5.74) is 0.879. The Bertz CT molecular complexity index is 343. The molecule has 0 saturated carbocycles. The van der Waals surface area contributed by atoms with Crippen molar-refractivity contribution in [3.8, 4) is 5.75 Å². The van der Waals surface area contributed by atoms with Gasteiger partial charge in [-0.15, -0.1) is 12.4 Å². The summed E-state index contributed by atoms with van der Waals surface area (Å²) in [7, 11) is 1.60.